The van der Waals surface area contributed by atoms with Crippen molar-refractivity contribution in [2.24, 2.45) is 0 Å². The van der Waals surface area contributed by atoms with Crippen molar-refractivity contribution in [2.45, 2.75) is 46.1 Å². The average molecular weight is 350 g/mol. The zero-order valence-corrected chi connectivity index (χ0v) is 15.9. The predicted octanol–water partition coefficient (Wildman–Crippen LogP) is 4.14. The number of rotatable bonds is 2. The van der Waals surface area contributed by atoms with Gasteiger partial charge < -0.3 is 10.2 Å². The summed E-state index contributed by atoms with van der Waals surface area (Å²) in [7, 11) is 0. The van der Waals surface area contributed by atoms with Crippen LogP contribution >= 0.6 is 0 Å². The highest BCUT2D eigenvalue weighted by Crippen LogP contribution is 2.24. The fourth-order valence-corrected chi connectivity index (χ4v) is 3.23. The molecule has 136 valence electrons. The molecular weight excluding hydrogens is 324 g/mol. The molecule has 0 saturated heterocycles. The highest BCUT2D eigenvalue weighted by Gasteiger charge is 2.19. The Kier molecular flexibility index (Phi) is 4.86. The summed E-state index contributed by atoms with van der Waals surface area (Å²) in [5.41, 5.74) is 5.02. The Morgan fingerprint density at radius 3 is 2.31 bits per heavy atom. The molecule has 0 atom stereocenters. The van der Waals surface area contributed by atoms with E-state index in [0.29, 0.717) is 12.1 Å². The van der Waals surface area contributed by atoms with Gasteiger partial charge in [-0.15, -0.1) is 0 Å². The van der Waals surface area contributed by atoms with Gasteiger partial charge in [0.1, 0.15) is 0 Å². The third kappa shape index (κ3) is 3.96. The maximum Gasteiger partial charge on any atom is 0.255 e. The minimum Gasteiger partial charge on any atom is -0.338 e. The molecule has 1 aliphatic heterocycles. The summed E-state index contributed by atoms with van der Waals surface area (Å²) >= 11 is 0. The van der Waals surface area contributed by atoms with Crippen molar-refractivity contribution in [1.82, 2.24) is 4.90 Å². The molecule has 0 saturated carbocycles. The molecular formula is C22H26N2O2. The summed E-state index contributed by atoms with van der Waals surface area (Å²) in [5, 5.41) is 2.97. The third-order valence-corrected chi connectivity index (χ3v) is 4.93. The van der Waals surface area contributed by atoms with E-state index >= 15 is 0 Å². The molecule has 0 bridgehead atoms. The Morgan fingerprint density at radius 2 is 1.69 bits per heavy atom. The van der Waals surface area contributed by atoms with E-state index in [-0.39, 0.29) is 17.2 Å². The first-order valence-corrected chi connectivity index (χ1v) is 9.03. The monoisotopic (exact) mass is 350 g/mol. The second-order valence-electron chi connectivity index (χ2n) is 7.96. The van der Waals surface area contributed by atoms with E-state index in [1.807, 2.05) is 47.4 Å². The first-order valence-electron chi connectivity index (χ1n) is 9.03. The van der Waals surface area contributed by atoms with Crippen molar-refractivity contribution in [2.75, 3.05) is 11.9 Å². The lowest BCUT2D eigenvalue weighted by molar-refractivity contribution is -0.129. The molecule has 4 nitrogen and oxygen atoms in total. The van der Waals surface area contributed by atoms with E-state index in [1.54, 1.807) is 6.92 Å². The number of hydrogen-bond donors (Lipinski definition) is 1. The molecule has 2 aromatic carbocycles. The van der Waals surface area contributed by atoms with E-state index in [0.717, 1.165) is 24.2 Å². The quantitative estimate of drug-likeness (QED) is 0.885. The number of nitrogens with one attached hydrogen (secondary N) is 1. The van der Waals surface area contributed by atoms with Crippen LogP contribution in [0.3, 0.4) is 0 Å². The van der Waals surface area contributed by atoms with Crippen molar-refractivity contribution in [3.05, 3.63) is 64.7 Å². The van der Waals surface area contributed by atoms with Crippen molar-refractivity contribution >= 4 is 17.5 Å². The Hall–Kier alpha value is -2.62. The van der Waals surface area contributed by atoms with Crippen molar-refractivity contribution in [3.8, 4) is 0 Å². The summed E-state index contributed by atoms with van der Waals surface area (Å²) in [6, 6.07) is 13.7. The van der Waals surface area contributed by atoms with Gasteiger partial charge in [0.2, 0.25) is 5.91 Å². The van der Waals surface area contributed by atoms with Gasteiger partial charge in [-0.1, -0.05) is 39.0 Å². The molecule has 1 heterocycles. The number of hydrogen-bond acceptors (Lipinski definition) is 2. The summed E-state index contributed by atoms with van der Waals surface area (Å²) < 4.78 is 0. The van der Waals surface area contributed by atoms with E-state index < -0.39 is 0 Å². The largest absolute Gasteiger partial charge is 0.338 e. The van der Waals surface area contributed by atoms with Gasteiger partial charge >= 0.3 is 0 Å². The molecule has 0 radical (unpaired) electrons. The predicted molar refractivity (Wildman–Crippen MR) is 104 cm³/mol. The average Bonchev–Trinajstić information content (AvgIpc) is 2.60. The maximum atomic E-state index is 12.5. The number of nitrogens with zero attached hydrogens (tertiary/aromatic N) is 1. The van der Waals surface area contributed by atoms with Crippen LogP contribution in [0.15, 0.2) is 42.5 Å². The van der Waals surface area contributed by atoms with Gasteiger partial charge in [0.15, 0.2) is 0 Å². The molecule has 2 amide bonds. The van der Waals surface area contributed by atoms with Gasteiger partial charge in [-0.05, 0) is 52.8 Å². The first-order chi connectivity index (χ1) is 12.2. The van der Waals surface area contributed by atoms with Gasteiger partial charge in [0.25, 0.3) is 5.91 Å². The molecule has 2 aromatic rings. The number of carbonyl (C=O) groups is 2. The van der Waals surface area contributed by atoms with E-state index in [2.05, 4.69) is 26.1 Å². The van der Waals surface area contributed by atoms with Crippen LogP contribution in [-0.2, 0) is 23.2 Å². The molecule has 3 rings (SSSR count). The van der Waals surface area contributed by atoms with Gasteiger partial charge in [-0.2, -0.15) is 0 Å². The van der Waals surface area contributed by atoms with Gasteiger partial charge in [-0.25, -0.2) is 0 Å². The zero-order valence-electron chi connectivity index (χ0n) is 15.9. The molecule has 1 N–H and O–H groups in total. The minimum absolute atomic E-state index is 0.0656. The molecule has 1 aliphatic rings. The number of anilines is 1. The topological polar surface area (TPSA) is 49.4 Å². The highest BCUT2D eigenvalue weighted by molar-refractivity contribution is 6.04. The Bertz CT molecular complexity index is 832. The molecule has 0 aliphatic carbocycles. The van der Waals surface area contributed by atoms with Crippen LogP contribution in [0.5, 0.6) is 0 Å². The van der Waals surface area contributed by atoms with Crippen molar-refractivity contribution < 1.29 is 9.59 Å². The molecule has 0 spiro atoms. The van der Waals surface area contributed by atoms with Crippen LogP contribution < -0.4 is 5.32 Å². The SMILES string of the molecule is CC(=O)N1CCc2ccc(NC(=O)c3ccc(C(C)(C)C)cc3)cc2C1. The summed E-state index contributed by atoms with van der Waals surface area (Å²) in [5.74, 6) is -0.0336. The van der Waals surface area contributed by atoms with Crippen molar-refractivity contribution in [1.29, 1.82) is 0 Å². The van der Waals surface area contributed by atoms with Crippen LogP contribution in [0.4, 0.5) is 5.69 Å². The summed E-state index contributed by atoms with van der Waals surface area (Å²) in [4.78, 5) is 26.0. The van der Waals surface area contributed by atoms with Crippen LogP contribution in [0.25, 0.3) is 0 Å². The lowest BCUT2D eigenvalue weighted by atomic mass is 9.86. The molecule has 26 heavy (non-hydrogen) atoms. The van der Waals surface area contributed by atoms with Crippen LogP contribution in [0.2, 0.25) is 0 Å². The number of amides is 2. The van der Waals surface area contributed by atoms with Gasteiger partial charge in [0, 0.05) is 31.3 Å². The molecule has 0 unspecified atom stereocenters. The standard InChI is InChI=1S/C22H26N2O2/c1-15(25)24-12-11-16-7-10-20(13-18(16)14-24)23-21(26)17-5-8-19(9-6-17)22(2,3)4/h5-10,13H,11-12,14H2,1-4H3,(H,23,26). The van der Waals surface area contributed by atoms with E-state index in [9.17, 15) is 9.59 Å². The van der Waals surface area contributed by atoms with Crippen molar-refractivity contribution in [3.63, 3.8) is 0 Å². The number of benzene rings is 2. The second kappa shape index (κ2) is 6.94. The minimum atomic E-state index is -0.121. The van der Waals surface area contributed by atoms with E-state index in [4.69, 9.17) is 0 Å². The Labute approximate surface area is 155 Å². The number of carbonyl (C=O) groups excluding carboxylic acids is 2. The highest BCUT2D eigenvalue weighted by atomic mass is 16.2. The smallest absolute Gasteiger partial charge is 0.255 e. The molecule has 0 aromatic heterocycles. The van der Waals surface area contributed by atoms with Crippen LogP contribution in [-0.4, -0.2) is 23.3 Å². The molecule has 4 heteroatoms. The normalized spacial score (nSPS) is 13.9. The third-order valence-electron chi connectivity index (χ3n) is 4.93. The Morgan fingerprint density at radius 1 is 1.00 bits per heavy atom. The van der Waals surface area contributed by atoms with Gasteiger partial charge in [-0.3, -0.25) is 9.59 Å². The molecule has 0 fully saturated rings. The van der Waals surface area contributed by atoms with Crippen LogP contribution in [0.1, 0.15) is 54.7 Å². The van der Waals surface area contributed by atoms with Crippen LogP contribution in [0, 0.1) is 0 Å². The maximum absolute atomic E-state index is 12.5. The Balaban J connectivity index is 1.74. The lowest BCUT2D eigenvalue weighted by Crippen LogP contribution is -2.34. The van der Waals surface area contributed by atoms with E-state index in [1.165, 1.54) is 11.1 Å². The first kappa shape index (κ1) is 18.2. The second-order valence-corrected chi connectivity index (χ2v) is 7.96. The summed E-state index contributed by atoms with van der Waals surface area (Å²) in [6.45, 7) is 9.42. The fourth-order valence-electron chi connectivity index (χ4n) is 3.23. The van der Waals surface area contributed by atoms with Gasteiger partial charge in [0.05, 0.1) is 0 Å². The number of fused-ring (bicyclic) bond motifs is 1. The summed E-state index contributed by atoms with van der Waals surface area (Å²) in [6.07, 6.45) is 0.859. The fraction of sp³-hybridized carbons (Fsp3) is 0.364. The zero-order chi connectivity index (χ0) is 18.9. The lowest BCUT2D eigenvalue weighted by Gasteiger charge is -2.28.